The highest BCUT2D eigenvalue weighted by Gasteiger charge is 2.44. The minimum absolute atomic E-state index is 0.0208. The first kappa shape index (κ1) is 29.1. The smallest absolute Gasteiger partial charge is 0.414 e. The predicted molar refractivity (Wildman–Crippen MR) is 145 cm³/mol. The second-order valence-corrected chi connectivity index (χ2v) is 11.6. The summed E-state index contributed by atoms with van der Waals surface area (Å²) >= 11 is 0. The standard InChI is InChI=1S/C21H27BN11O9P/c23-5-22-33-8-32(19-16(33)20(36)30-21(25)29-19)13-1-9(35)12(41-13)4-39-43(37,38)42-10-2-14(40-11(10)3-34)31-7-28-15-17(24)26-6-27-18(15)31/h6-14,34-35H,1-4,22H2,(H,37,38)(H2,24,26,27)(H3,25,29,30,36). The first-order valence-corrected chi connectivity index (χ1v) is 14.7. The molecular formula is C21H27BN11O9P. The van der Waals surface area contributed by atoms with Gasteiger partial charge in [-0.25, -0.2) is 24.8 Å². The maximum atomic E-state index is 12.9. The molecule has 2 aliphatic rings. The fraction of sp³-hybridized carbons (Fsp3) is 0.476. The molecular weight excluding hydrogens is 592 g/mol. The topological polar surface area (TPSA) is 289 Å². The van der Waals surface area contributed by atoms with Crippen molar-refractivity contribution in [3.63, 3.8) is 0 Å². The van der Waals surface area contributed by atoms with Gasteiger partial charge >= 0.3 is 7.82 Å². The molecule has 43 heavy (non-hydrogen) atoms. The molecule has 2 saturated heterocycles. The van der Waals surface area contributed by atoms with Gasteiger partial charge in [0, 0.05) is 12.8 Å². The number of H-pyrrole nitrogens is 1. The molecule has 228 valence electrons. The summed E-state index contributed by atoms with van der Waals surface area (Å²) in [6.45, 7) is -1.05. The highest BCUT2D eigenvalue weighted by molar-refractivity contribution is 7.47. The Morgan fingerprint density at radius 1 is 1.21 bits per heavy atom. The monoisotopic (exact) mass is 619 g/mol. The molecule has 0 bridgehead atoms. The summed E-state index contributed by atoms with van der Waals surface area (Å²) in [4.78, 5) is 41.8. The Labute approximate surface area is 241 Å². The first-order valence-electron chi connectivity index (χ1n) is 13.2. The molecule has 4 aromatic heterocycles. The molecule has 0 aromatic carbocycles. The quantitative estimate of drug-likeness (QED) is 0.0797. The Kier molecular flexibility index (Phi) is 7.61. The van der Waals surface area contributed by atoms with E-state index >= 15 is 0 Å². The van der Waals surface area contributed by atoms with Gasteiger partial charge in [0.2, 0.25) is 24.0 Å². The number of phosphoric ester groups is 1. The number of aromatic nitrogens is 8. The van der Waals surface area contributed by atoms with Crippen LogP contribution < -0.4 is 21.5 Å². The van der Waals surface area contributed by atoms with E-state index in [0.717, 1.165) is 0 Å². The third-order valence-corrected chi connectivity index (χ3v) is 8.39. The van der Waals surface area contributed by atoms with Crippen molar-refractivity contribution in [2.24, 2.45) is 0 Å². The minimum Gasteiger partial charge on any atom is -0.414 e. The van der Waals surface area contributed by atoms with Gasteiger partial charge in [-0.15, -0.1) is 5.97 Å². The van der Waals surface area contributed by atoms with Crippen molar-refractivity contribution in [2.45, 2.75) is 49.7 Å². The lowest BCUT2D eigenvalue weighted by atomic mass is 9.98. The molecule has 0 aliphatic carbocycles. The van der Waals surface area contributed by atoms with E-state index in [-0.39, 0.29) is 35.8 Å². The molecule has 0 radical (unpaired) electrons. The number of nitriles is 1. The molecule has 6 rings (SSSR count). The van der Waals surface area contributed by atoms with Crippen LogP contribution in [0.3, 0.4) is 0 Å². The average molecular weight is 619 g/mol. The van der Waals surface area contributed by atoms with E-state index in [1.54, 1.807) is 4.57 Å². The Balaban J connectivity index is 1.12. The van der Waals surface area contributed by atoms with E-state index in [1.165, 1.54) is 28.0 Å². The number of hydrogen-bond acceptors (Lipinski definition) is 15. The van der Waals surface area contributed by atoms with Crippen molar-refractivity contribution in [2.75, 3.05) is 24.7 Å². The van der Waals surface area contributed by atoms with Gasteiger partial charge in [0.1, 0.15) is 36.4 Å². The van der Waals surface area contributed by atoms with E-state index in [4.69, 9.17) is 30.0 Å². The van der Waals surface area contributed by atoms with E-state index in [0.29, 0.717) is 11.2 Å². The number of aliphatic hydroxyl groups is 2. The summed E-state index contributed by atoms with van der Waals surface area (Å²) in [5, 5.41) is 29.7. The zero-order valence-electron chi connectivity index (χ0n) is 22.5. The van der Waals surface area contributed by atoms with Gasteiger partial charge in [0.15, 0.2) is 11.5 Å². The molecule has 0 saturated carbocycles. The lowest BCUT2D eigenvalue weighted by molar-refractivity contribution is -0.499. The molecule has 8 N–H and O–H groups in total. The van der Waals surface area contributed by atoms with E-state index < -0.39 is 70.9 Å². The second-order valence-electron chi connectivity index (χ2n) is 10.2. The van der Waals surface area contributed by atoms with Crippen LogP contribution in [0.15, 0.2) is 23.8 Å². The number of ether oxygens (including phenoxy) is 2. The highest BCUT2D eigenvalue weighted by Crippen LogP contribution is 2.49. The number of imidazole rings is 2. The number of phosphoric acid groups is 1. The summed E-state index contributed by atoms with van der Waals surface area (Å²) in [5.41, 5.74) is 12.0. The number of rotatable bonds is 9. The number of nitrogens with two attached hydrogens (primary N) is 2. The second kappa shape index (κ2) is 11.3. The van der Waals surface area contributed by atoms with Crippen LogP contribution in [0.1, 0.15) is 25.3 Å². The van der Waals surface area contributed by atoms with E-state index in [9.17, 15) is 29.7 Å². The van der Waals surface area contributed by atoms with Gasteiger partial charge in [0.05, 0.1) is 25.6 Å². The summed E-state index contributed by atoms with van der Waals surface area (Å²) < 4.78 is 39.7. The number of anilines is 2. The van der Waals surface area contributed by atoms with E-state index in [1.807, 2.05) is 0 Å². The number of aromatic amines is 1. The van der Waals surface area contributed by atoms with Gasteiger partial charge in [0.25, 0.3) is 18.6 Å². The van der Waals surface area contributed by atoms with Crippen molar-refractivity contribution in [3.8, 4) is 5.97 Å². The molecule has 6 heterocycles. The highest BCUT2D eigenvalue weighted by atomic mass is 31.2. The average Bonchev–Trinajstić information content (AvgIpc) is 3.72. The van der Waals surface area contributed by atoms with Crippen LogP contribution in [0, 0.1) is 11.2 Å². The number of fused-ring (bicyclic) bond motifs is 2. The molecule has 7 unspecified atom stereocenters. The largest absolute Gasteiger partial charge is 0.472 e. The van der Waals surface area contributed by atoms with Crippen molar-refractivity contribution >= 4 is 49.3 Å². The van der Waals surface area contributed by atoms with Crippen LogP contribution in [0.2, 0.25) is 0 Å². The number of nitrogens with zero attached hydrogens (tertiary/aromatic N) is 8. The van der Waals surface area contributed by atoms with Gasteiger partial charge in [-0.2, -0.15) is 9.55 Å². The van der Waals surface area contributed by atoms with Gasteiger partial charge in [-0.3, -0.25) is 23.4 Å². The van der Waals surface area contributed by atoms with Crippen LogP contribution in [-0.4, -0.2) is 94.2 Å². The van der Waals surface area contributed by atoms with Gasteiger partial charge in [-0.1, -0.05) is 0 Å². The fourth-order valence-electron chi connectivity index (χ4n) is 5.39. The molecule has 22 heteroatoms. The number of hydrogen-bond donors (Lipinski definition) is 6. The van der Waals surface area contributed by atoms with Crippen molar-refractivity contribution < 1.29 is 42.7 Å². The third kappa shape index (κ3) is 5.46. The zero-order valence-corrected chi connectivity index (χ0v) is 23.4. The zero-order chi connectivity index (χ0) is 30.5. The van der Waals surface area contributed by atoms with Crippen molar-refractivity contribution in [1.29, 1.82) is 5.26 Å². The van der Waals surface area contributed by atoms with Crippen LogP contribution >= 0.6 is 7.82 Å². The SMILES string of the molecule is N#C[BH2-][n+]1cn(C2CC(O)C(COP(=O)(O)OC3CC(n4cnc5c(N)ncnc54)OC3CO)O2)c2nc(N)[nH]c(=O)c21. The van der Waals surface area contributed by atoms with Crippen LogP contribution in [0.25, 0.3) is 22.3 Å². The molecule has 7 atom stereocenters. The summed E-state index contributed by atoms with van der Waals surface area (Å²) in [7, 11) is -6.15. The van der Waals surface area contributed by atoms with E-state index in [2.05, 4.69) is 30.9 Å². The minimum atomic E-state index is -4.75. The number of nitrogens with one attached hydrogen (secondary N) is 1. The normalized spacial score (nSPS) is 27.1. The lowest BCUT2D eigenvalue weighted by Gasteiger charge is -2.21. The summed E-state index contributed by atoms with van der Waals surface area (Å²) in [5.74, 6) is 2.10. The molecule has 2 aliphatic heterocycles. The third-order valence-electron chi connectivity index (χ3n) is 7.37. The van der Waals surface area contributed by atoms with Crippen LogP contribution in [-0.2, 0) is 23.1 Å². The molecule has 0 amide bonds. The number of nitrogen functional groups attached to an aromatic ring is 2. The fourth-order valence-corrected chi connectivity index (χ4v) is 6.35. The first-order chi connectivity index (χ1) is 20.6. The Morgan fingerprint density at radius 2 is 1.98 bits per heavy atom. The maximum Gasteiger partial charge on any atom is 0.472 e. The van der Waals surface area contributed by atoms with Crippen LogP contribution in [0.5, 0.6) is 0 Å². The molecule has 20 nitrogen and oxygen atoms in total. The van der Waals surface area contributed by atoms with Crippen LogP contribution in [0.4, 0.5) is 11.8 Å². The van der Waals surface area contributed by atoms with Crippen molar-refractivity contribution in [3.05, 3.63) is 29.3 Å². The Hall–Kier alpha value is -4.00. The van der Waals surface area contributed by atoms with Gasteiger partial charge in [-0.05, 0) is 0 Å². The van der Waals surface area contributed by atoms with Gasteiger partial charge < -0.3 is 40.5 Å². The Morgan fingerprint density at radius 3 is 2.74 bits per heavy atom. The maximum absolute atomic E-state index is 12.9. The molecule has 2 fully saturated rings. The Bertz CT molecular complexity index is 1830. The molecule has 0 spiro atoms. The predicted octanol–water partition coefficient (Wildman–Crippen LogP) is -3.14. The summed E-state index contributed by atoms with van der Waals surface area (Å²) in [6, 6.07) is 0. The number of aliphatic hydroxyl groups excluding tert-OH is 2. The molecule has 4 aromatic rings. The summed E-state index contributed by atoms with van der Waals surface area (Å²) in [6.07, 6.45) is -1.57. The lowest BCUT2D eigenvalue weighted by Crippen LogP contribution is -2.41. The van der Waals surface area contributed by atoms with Crippen molar-refractivity contribution in [1.82, 2.24) is 34.1 Å².